The second kappa shape index (κ2) is 8.60. The number of hydrogen-bond donors (Lipinski definition) is 1. The molecule has 26 heavy (non-hydrogen) atoms. The lowest BCUT2D eigenvalue weighted by atomic mass is 10.0. The summed E-state index contributed by atoms with van der Waals surface area (Å²) in [5.41, 5.74) is 1.04. The van der Waals surface area contributed by atoms with Gasteiger partial charge in [0.1, 0.15) is 5.82 Å². The van der Waals surface area contributed by atoms with Crippen molar-refractivity contribution in [2.75, 3.05) is 25.1 Å². The summed E-state index contributed by atoms with van der Waals surface area (Å²) < 4.78 is 11.3. The van der Waals surface area contributed by atoms with E-state index < -0.39 is 0 Å². The fraction of sp³-hybridized carbons (Fsp3) is 0.450. The Labute approximate surface area is 160 Å². The Morgan fingerprint density at radius 2 is 1.96 bits per heavy atom. The Balaban J connectivity index is 2.03. The molecule has 140 valence electrons. The maximum Gasteiger partial charge on any atom is 0.259 e. The van der Waals surface area contributed by atoms with Crippen molar-refractivity contribution in [1.82, 2.24) is 10.3 Å². The van der Waals surface area contributed by atoms with Crippen molar-refractivity contribution in [2.24, 2.45) is 0 Å². The second-order valence-corrected chi connectivity index (χ2v) is 7.11. The highest BCUT2D eigenvalue weighted by Gasteiger charge is 2.25. The van der Waals surface area contributed by atoms with Crippen LogP contribution in [0.15, 0.2) is 36.4 Å². The van der Waals surface area contributed by atoms with E-state index in [-0.39, 0.29) is 6.10 Å². The van der Waals surface area contributed by atoms with Gasteiger partial charge < -0.3 is 19.7 Å². The summed E-state index contributed by atoms with van der Waals surface area (Å²) >= 11 is 6.26. The van der Waals surface area contributed by atoms with Crippen LogP contribution in [0.25, 0.3) is 0 Å². The number of nitrogens with zero attached hydrogens (tertiary/aromatic N) is 2. The molecule has 6 heteroatoms. The minimum absolute atomic E-state index is 0.0187. The molecule has 1 saturated heterocycles. The Bertz CT molecular complexity index is 733. The van der Waals surface area contributed by atoms with Crippen molar-refractivity contribution < 1.29 is 9.47 Å². The summed E-state index contributed by atoms with van der Waals surface area (Å²) in [5, 5.41) is 4.14. The summed E-state index contributed by atoms with van der Waals surface area (Å²) in [5.74, 6) is 2.00. The summed E-state index contributed by atoms with van der Waals surface area (Å²) in [6.07, 6.45) is 2.10. The van der Waals surface area contributed by atoms with Crippen molar-refractivity contribution in [3.05, 3.63) is 41.4 Å². The van der Waals surface area contributed by atoms with Crippen LogP contribution in [0.1, 0.15) is 26.7 Å². The third-order valence-corrected chi connectivity index (χ3v) is 4.62. The van der Waals surface area contributed by atoms with E-state index in [1.54, 1.807) is 7.11 Å². The van der Waals surface area contributed by atoms with Gasteiger partial charge in [0.25, 0.3) is 5.88 Å². The highest BCUT2D eigenvalue weighted by molar-refractivity contribution is 6.30. The topological polar surface area (TPSA) is 46.6 Å². The zero-order valence-electron chi connectivity index (χ0n) is 15.5. The van der Waals surface area contributed by atoms with E-state index in [0.717, 1.165) is 37.4 Å². The first kappa shape index (κ1) is 18.8. The zero-order chi connectivity index (χ0) is 18.5. The third-order valence-electron chi connectivity index (χ3n) is 4.38. The van der Waals surface area contributed by atoms with Gasteiger partial charge in [-0.05, 0) is 70.1 Å². The zero-order valence-corrected chi connectivity index (χ0v) is 16.3. The molecular formula is C20H26ClN3O2. The number of piperidine rings is 1. The van der Waals surface area contributed by atoms with Crippen LogP contribution in [-0.4, -0.2) is 37.3 Å². The van der Waals surface area contributed by atoms with Gasteiger partial charge in [0, 0.05) is 16.8 Å². The molecule has 0 aliphatic carbocycles. The molecule has 1 aliphatic heterocycles. The summed E-state index contributed by atoms with van der Waals surface area (Å²) in [7, 11) is 1.63. The molecule has 0 amide bonds. The van der Waals surface area contributed by atoms with Crippen molar-refractivity contribution in [1.29, 1.82) is 0 Å². The van der Waals surface area contributed by atoms with Gasteiger partial charge in [-0.15, -0.1) is 0 Å². The van der Waals surface area contributed by atoms with Gasteiger partial charge in [0.15, 0.2) is 5.75 Å². The van der Waals surface area contributed by atoms with Crippen LogP contribution in [0.4, 0.5) is 11.5 Å². The molecule has 2 heterocycles. The molecule has 2 aromatic rings. The molecule has 0 unspecified atom stereocenters. The van der Waals surface area contributed by atoms with E-state index in [1.807, 2.05) is 44.2 Å². The summed E-state index contributed by atoms with van der Waals surface area (Å²) in [6.45, 7) is 5.95. The summed E-state index contributed by atoms with van der Waals surface area (Å²) in [6, 6.07) is 12.2. The van der Waals surface area contributed by atoms with Gasteiger partial charge in [0.2, 0.25) is 0 Å². The van der Waals surface area contributed by atoms with Crippen LogP contribution >= 0.6 is 11.6 Å². The standard InChI is InChI=1S/C20H26ClN3O2/c1-14(2)26-20-18(25-3)7-8-19(23-20)24(16-9-11-22-12-10-16)17-6-4-5-15(21)13-17/h4-8,13-14,16,22H,9-12H2,1-3H3. The number of aromatic nitrogens is 1. The third kappa shape index (κ3) is 4.40. The van der Waals surface area contributed by atoms with Crippen LogP contribution in [0.5, 0.6) is 11.6 Å². The molecule has 0 atom stereocenters. The molecule has 1 aliphatic rings. The highest BCUT2D eigenvalue weighted by Crippen LogP contribution is 2.35. The number of benzene rings is 1. The van der Waals surface area contributed by atoms with Gasteiger partial charge >= 0.3 is 0 Å². The quantitative estimate of drug-likeness (QED) is 0.809. The van der Waals surface area contributed by atoms with Crippen LogP contribution in [0.3, 0.4) is 0 Å². The monoisotopic (exact) mass is 375 g/mol. The van der Waals surface area contributed by atoms with Crippen molar-refractivity contribution in [3.8, 4) is 11.6 Å². The molecule has 1 aromatic heterocycles. The average molecular weight is 376 g/mol. The predicted molar refractivity (Wildman–Crippen MR) is 106 cm³/mol. The van der Waals surface area contributed by atoms with Gasteiger partial charge in [0.05, 0.1) is 13.2 Å². The maximum atomic E-state index is 6.26. The van der Waals surface area contributed by atoms with E-state index in [9.17, 15) is 0 Å². The number of pyridine rings is 1. The van der Waals surface area contributed by atoms with E-state index in [0.29, 0.717) is 22.7 Å². The van der Waals surface area contributed by atoms with Gasteiger partial charge in [-0.2, -0.15) is 4.98 Å². The maximum absolute atomic E-state index is 6.26. The largest absolute Gasteiger partial charge is 0.491 e. The lowest BCUT2D eigenvalue weighted by Crippen LogP contribution is -2.41. The SMILES string of the molecule is COc1ccc(N(c2cccc(Cl)c2)C2CCNCC2)nc1OC(C)C. The predicted octanol–water partition coefficient (Wildman–Crippen LogP) is 4.42. The van der Waals surface area contributed by atoms with Crippen molar-refractivity contribution in [3.63, 3.8) is 0 Å². The Morgan fingerprint density at radius 1 is 1.19 bits per heavy atom. The van der Waals surface area contributed by atoms with E-state index in [4.69, 9.17) is 26.1 Å². The lowest BCUT2D eigenvalue weighted by Gasteiger charge is -2.36. The number of methoxy groups -OCH3 is 1. The summed E-state index contributed by atoms with van der Waals surface area (Å²) in [4.78, 5) is 7.04. The average Bonchev–Trinajstić information content (AvgIpc) is 2.63. The molecule has 1 aromatic carbocycles. The molecule has 5 nitrogen and oxygen atoms in total. The van der Waals surface area contributed by atoms with Gasteiger partial charge in [-0.3, -0.25) is 0 Å². The Morgan fingerprint density at radius 3 is 2.62 bits per heavy atom. The number of ether oxygens (including phenoxy) is 2. The van der Waals surface area contributed by atoms with Crippen molar-refractivity contribution >= 4 is 23.1 Å². The number of anilines is 2. The fourth-order valence-corrected chi connectivity index (χ4v) is 3.42. The number of halogens is 1. The Hall–Kier alpha value is -1.98. The number of rotatable bonds is 6. The van der Waals surface area contributed by atoms with E-state index in [2.05, 4.69) is 16.3 Å². The van der Waals surface area contributed by atoms with Crippen LogP contribution in [0, 0.1) is 0 Å². The highest BCUT2D eigenvalue weighted by atomic mass is 35.5. The number of hydrogen-bond acceptors (Lipinski definition) is 5. The molecule has 1 fully saturated rings. The molecule has 1 N–H and O–H groups in total. The van der Waals surface area contributed by atoms with Gasteiger partial charge in [-0.25, -0.2) is 0 Å². The Kier molecular flexibility index (Phi) is 6.22. The molecule has 3 rings (SSSR count). The van der Waals surface area contributed by atoms with E-state index in [1.165, 1.54) is 0 Å². The van der Waals surface area contributed by atoms with Crippen LogP contribution in [0.2, 0.25) is 5.02 Å². The van der Waals surface area contributed by atoms with E-state index >= 15 is 0 Å². The molecular weight excluding hydrogens is 350 g/mol. The lowest BCUT2D eigenvalue weighted by molar-refractivity contribution is 0.220. The smallest absolute Gasteiger partial charge is 0.259 e. The minimum atomic E-state index is 0.0187. The molecule has 0 radical (unpaired) electrons. The normalized spacial score (nSPS) is 15.1. The van der Waals surface area contributed by atoms with Crippen LogP contribution < -0.4 is 19.7 Å². The second-order valence-electron chi connectivity index (χ2n) is 6.67. The first-order valence-corrected chi connectivity index (χ1v) is 9.43. The molecule has 0 saturated carbocycles. The minimum Gasteiger partial charge on any atom is -0.491 e. The van der Waals surface area contributed by atoms with Crippen LogP contribution in [-0.2, 0) is 0 Å². The molecule has 0 bridgehead atoms. The first-order chi connectivity index (χ1) is 12.6. The first-order valence-electron chi connectivity index (χ1n) is 9.05. The van der Waals surface area contributed by atoms with Gasteiger partial charge in [-0.1, -0.05) is 17.7 Å². The molecule has 0 spiro atoms. The fourth-order valence-electron chi connectivity index (χ4n) is 3.24. The number of nitrogens with one attached hydrogen (secondary N) is 1. The van der Waals surface area contributed by atoms with Crippen molar-refractivity contribution in [2.45, 2.75) is 38.8 Å².